The van der Waals surface area contributed by atoms with E-state index < -0.39 is 23.5 Å². The van der Waals surface area contributed by atoms with Gasteiger partial charge in [-0.2, -0.15) is 4.98 Å². The van der Waals surface area contributed by atoms with Crippen LogP contribution in [0.4, 0.5) is 17.3 Å². The number of aliphatic hydroxyl groups excluding tert-OH is 1. The molecular weight excluding hydrogens is 470 g/mol. The molecule has 2 aliphatic heterocycles. The minimum absolute atomic E-state index is 0.00899. The average molecular weight is 498 g/mol. The Hall–Kier alpha value is -3.74. The number of anilines is 3. The molecule has 2 amide bonds. The Balaban J connectivity index is 1.30. The van der Waals surface area contributed by atoms with Crippen molar-refractivity contribution in [3.8, 4) is 5.88 Å². The van der Waals surface area contributed by atoms with E-state index in [1.165, 1.54) is 17.9 Å². The number of amides is 2. The summed E-state index contributed by atoms with van der Waals surface area (Å²) in [5.41, 5.74) is 4.59. The number of pyridine rings is 1. The second kappa shape index (κ2) is 9.72. The smallest absolute Gasteiger partial charge is 0.263 e. The molecule has 12 heteroatoms. The molecule has 4 heterocycles. The van der Waals surface area contributed by atoms with Crippen LogP contribution in [0.3, 0.4) is 0 Å². The monoisotopic (exact) mass is 497 g/mol. The van der Waals surface area contributed by atoms with Crippen molar-refractivity contribution >= 4 is 40.1 Å². The minimum Gasteiger partial charge on any atom is -0.474 e. The lowest BCUT2D eigenvalue weighted by molar-refractivity contribution is -0.170. The van der Waals surface area contributed by atoms with E-state index in [2.05, 4.69) is 15.5 Å². The molecule has 190 valence electrons. The molecule has 0 bridgehead atoms. The summed E-state index contributed by atoms with van der Waals surface area (Å²) in [6.07, 6.45) is -0.285. The number of rotatable bonds is 6. The second-order valence-corrected chi connectivity index (χ2v) is 8.85. The first-order valence-electron chi connectivity index (χ1n) is 11.7. The quantitative estimate of drug-likeness (QED) is 0.455. The van der Waals surface area contributed by atoms with Gasteiger partial charge < -0.3 is 34.9 Å². The molecule has 2 aromatic heterocycles. The molecule has 5 rings (SSSR count). The van der Waals surface area contributed by atoms with Gasteiger partial charge in [0, 0.05) is 30.7 Å². The number of nitrogens with zero attached hydrogens (tertiary/aromatic N) is 3. The van der Waals surface area contributed by atoms with Crippen LogP contribution in [0.25, 0.3) is 11.0 Å². The molecule has 2 fully saturated rings. The Morgan fingerprint density at radius 2 is 2.08 bits per heavy atom. The van der Waals surface area contributed by atoms with Gasteiger partial charge in [0.1, 0.15) is 11.9 Å². The van der Waals surface area contributed by atoms with E-state index in [1.807, 2.05) is 0 Å². The molecule has 0 aliphatic carbocycles. The normalized spacial score (nSPS) is 21.9. The Morgan fingerprint density at radius 1 is 1.28 bits per heavy atom. The van der Waals surface area contributed by atoms with Crippen molar-refractivity contribution in [3.05, 3.63) is 36.4 Å². The number of aromatic nitrogens is 2. The van der Waals surface area contributed by atoms with E-state index >= 15 is 0 Å². The van der Waals surface area contributed by atoms with Gasteiger partial charge in [-0.05, 0) is 25.1 Å². The predicted octanol–water partition coefficient (Wildman–Crippen LogP) is 1.48. The molecule has 1 aromatic carbocycles. The lowest BCUT2D eigenvalue weighted by Crippen LogP contribution is -2.63. The summed E-state index contributed by atoms with van der Waals surface area (Å²) in [6.45, 7) is 2.95. The Kier molecular flexibility index (Phi) is 6.48. The van der Waals surface area contributed by atoms with Crippen LogP contribution in [0.5, 0.6) is 5.88 Å². The third kappa shape index (κ3) is 4.57. The molecule has 0 spiro atoms. The molecule has 2 atom stereocenters. The number of carbonyl (C=O) groups excluding carboxylic acids is 2. The largest absolute Gasteiger partial charge is 0.474 e. The Bertz CT molecular complexity index is 1270. The van der Waals surface area contributed by atoms with E-state index in [4.69, 9.17) is 24.5 Å². The van der Waals surface area contributed by atoms with Crippen LogP contribution in [0.15, 0.2) is 40.9 Å². The lowest BCUT2D eigenvalue weighted by atomic mass is 9.94. The highest BCUT2D eigenvalue weighted by Gasteiger charge is 2.50. The summed E-state index contributed by atoms with van der Waals surface area (Å²) < 4.78 is 22.1. The number of nitrogen functional groups attached to an aromatic ring is 1. The highest BCUT2D eigenvalue weighted by Crippen LogP contribution is 2.30. The van der Waals surface area contributed by atoms with Gasteiger partial charge in [0.15, 0.2) is 23.1 Å². The van der Waals surface area contributed by atoms with Gasteiger partial charge in [0.05, 0.1) is 31.8 Å². The van der Waals surface area contributed by atoms with Gasteiger partial charge in [-0.25, -0.2) is 0 Å². The van der Waals surface area contributed by atoms with Crippen LogP contribution >= 0.6 is 0 Å². The summed E-state index contributed by atoms with van der Waals surface area (Å²) in [6, 6.07) is 9.89. The van der Waals surface area contributed by atoms with Gasteiger partial charge >= 0.3 is 0 Å². The van der Waals surface area contributed by atoms with Crippen LogP contribution in [-0.4, -0.2) is 71.2 Å². The zero-order valence-electron chi connectivity index (χ0n) is 19.7. The number of hydrogen-bond acceptors (Lipinski definition) is 10. The minimum atomic E-state index is -1.83. The first kappa shape index (κ1) is 24.0. The first-order valence-corrected chi connectivity index (χ1v) is 11.7. The predicted molar refractivity (Wildman–Crippen MR) is 128 cm³/mol. The van der Waals surface area contributed by atoms with Gasteiger partial charge in [0.2, 0.25) is 5.88 Å². The highest BCUT2D eigenvalue weighted by molar-refractivity contribution is 6.06. The number of ether oxygens (including phenoxy) is 3. The van der Waals surface area contributed by atoms with Crippen molar-refractivity contribution in [2.24, 2.45) is 0 Å². The molecular formula is C24H27N5O7. The fraction of sp³-hybridized carbons (Fsp3) is 0.417. The Labute approximate surface area is 206 Å². The van der Waals surface area contributed by atoms with Crippen LogP contribution in [0, 0.1) is 0 Å². The van der Waals surface area contributed by atoms with E-state index in [0.717, 1.165) is 12.8 Å². The summed E-state index contributed by atoms with van der Waals surface area (Å²) in [5, 5.41) is 17.7. The SMILES string of the molecule is CC1(C(O)C(=O)Nc2ccc3c(N)noc3c2)OCCN(c2cccc(OC3CCOCC3)n2)C1=O. The second-order valence-electron chi connectivity index (χ2n) is 8.85. The topological polar surface area (TPSA) is 162 Å². The summed E-state index contributed by atoms with van der Waals surface area (Å²) in [4.78, 5) is 32.2. The molecule has 0 saturated carbocycles. The molecule has 3 aromatic rings. The lowest BCUT2D eigenvalue weighted by Gasteiger charge is -2.40. The van der Waals surface area contributed by atoms with E-state index in [0.29, 0.717) is 41.6 Å². The fourth-order valence-corrected chi connectivity index (χ4v) is 4.27. The summed E-state index contributed by atoms with van der Waals surface area (Å²) in [7, 11) is 0. The maximum atomic E-state index is 13.5. The van der Waals surface area contributed by atoms with Gasteiger partial charge in [-0.3, -0.25) is 14.5 Å². The molecule has 36 heavy (non-hydrogen) atoms. The van der Waals surface area contributed by atoms with Crippen LogP contribution in [0.1, 0.15) is 19.8 Å². The van der Waals surface area contributed by atoms with Crippen molar-refractivity contribution in [1.29, 1.82) is 0 Å². The van der Waals surface area contributed by atoms with E-state index in [9.17, 15) is 14.7 Å². The zero-order chi connectivity index (χ0) is 25.3. The number of nitrogens with one attached hydrogen (secondary N) is 1. The maximum Gasteiger partial charge on any atom is 0.263 e. The van der Waals surface area contributed by atoms with Crippen LogP contribution < -0.4 is 20.7 Å². The molecule has 2 saturated heterocycles. The summed E-state index contributed by atoms with van der Waals surface area (Å²) >= 11 is 0. The maximum absolute atomic E-state index is 13.5. The standard InChI is InChI=1S/C24H27N5O7/c1-24(20(30)22(31)26-14-5-6-16-17(13-14)36-28-21(16)25)23(32)29(9-12-34-24)18-3-2-4-19(27-18)35-15-7-10-33-11-8-15/h2-6,13,15,20,30H,7-12H2,1H3,(H2,25,28)(H,26,31). The fourth-order valence-electron chi connectivity index (χ4n) is 4.27. The highest BCUT2D eigenvalue weighted by atomic mass is 16.5. The number of carbonyl (C=O) groups is 2. The van der Waals surface area contributed by atoms with E-state index in [1.54, 1.807) is 30.3 Å². The van der Waals surface area contributed by atoms with Crippen LogP contribution in [-0.2, 0) is 19.1 Å². The average Bonchev–Trinajstić information content (AvgIpc) is 3.26. The molecule has 4 N–H and O–H groups in total. The number of nitrogens with two attached hydrogens (primary N) is 1. The van der Waals surface area contributed by atoms with Crippen molar-refractivity contribution < 1.29 is 33.4 Å². The van der Waals surface area contributed by atoms with E-state index in [-0.39, 0.29) is 25.1 Å². The van der Waals surface area contributed by atoms with Gasteiger partial charge in [-0.1, -0.05) is 11.2 Å². The third-order valence-electron chi connectivity index (χ3n) is 6.37. The summed E-state index contributed by atoms with van der Waals surface area (Å²) in [5.74, 6) is -0.440. The van der Waals surface area contributed by atoms with Gasteiger partial charge in [0.25, 0.3) is 11.8 Å². The number of hydrogen-bond donors (Lipinski definition) is 3. The van der Waals surface area contributed by atoms with Gasteiger partial charge in [-0.15, -0.1) is 0 Å². The molecule has 2 aliphatic rings. The number of aliphatic hydroxyl groups is 1. The van der Waals surface area contributed by atoms with Crippen molar-refractivity contribution in [1.82, 2.24) is 10.1 Å². The zero-order valence-corrected chi connectivity index (χ0v) is 19.7. The number of fused-ring (bicyclic) bond motifs is 1. The number of morpholine rings is 1. The van der Waals surface area contributed by atoms with Crippen molar-refractivity contribution in [2.75, 3.05) is 42.3 Å². The number of benzene rings is 1. The Morgan fingerprint density at radius 3 is 2.89 bits per heavy atom. The molecule has 12 nitrogen and oxygen atoms in total. The van der Waals surface area contributed by atoms with Crippen molar-refractivity contribution in [2.45, 2.75) is 37.6 Å². The molecule has 2 unspecified atom stereocenters. The van der Waals surface area contributed by atoms with Crippen molar-refractivity contribution in [3.63, 3.8) is 0 Å². The molecule has 0 radical (unpaired) electrons. The third-order valence-corrected chi connectivity index (χ3v) is 6.37. The van der Waals surface area contributed by atoms with Crippen LogP contribution in [0.2, 0.25) is 0 Å². The first-order chi connectivity index (χ1) is 17.3.